The first-order valence-corrected chi connectivity index (χ1v) is 12.4. The van der Waals surface area contributed by atoms with E-state index in [-0.39, 0.29) is 21.4 Å². The van der Waals surface area contributed by atoms with E-state index in [0.29, 0.717) is 17.1 Å². The lowest BCUT2D eigenvalue weighted by Crippen LogP contribution is -2.19. The topological polar surface area (TPSA) is 80.9 Å². The molecule has 0 amide bonds. The molecule has 0 heterocycles. The summed E-state index contributed by atoms with van der Waals surface area (Å²) in [6.45, 7) is 8.09. The predicted molar refractivity (Wildman–Crippen MR) is 152 cm³/mol. The summed E-state index contributed by atoms with van der Waals surface area (Å²) in [4.78, 5) is 0. The van der Waals surface area contributed by atoms with Crippen LogP contribution in [0.25, 0.3) is 5.57 Å². The van der Waals surface area contributed by atoms with E-state index in [9.17, 15) is 20.4 Å². The fourth-order valence-electron chi connectivity index (χ4n) is 3.90. The van der Waals surface area contributed by atoms with E-state index in [1.54, 1.807) is 60.7 Å². The molecule has 0 radical (unpaired) electrons. The predicted octanol–water partition coefficient (Wildman–Crippen LogP) is 8.33. The van der Waals surface area contributed by atoms with Gasteiger partial charge in [0.15, 0.2) is 0 Å². The second kappa shape index (κ2) is 11.6. The molecule has 0 spiro atoms. The standard InChI is InChI=1S/C17H20O2.C14H10Cl2O2/c1-11-9-13(5-7-15(11)18)17(3,4)14-6-8-16(19)12(2)10-14;15-14(16)13(9-1-5-11(17)6-2-9)10-3-7-12(18)8-4-10/h5-10,18-19H,1-4H3;1-8,17-18H. The first kappa shape index (κ1) is 28.0. The number of hydrogen-bond donors (Lipinski definition) is 4. The number of hydrogen-bond acceptors (Lipinski definition) is 4. The molecular formula is C31H30Cl2O4. The van der Waals surface area contributed by atoms with E-state index in [2.05, 4.69) is 13.8 Å². The first-order valence-electron chi connectivity index (χ1n) is 11.6. The maximum atomic E-state index is 9.63. The van der Waals surface area contributed by atoms with E-state index < -0.39 is 0 Å². The van der Waals surface area contributed by atoms with E-state index in [4.69, 9.17) is 23.2 Å². The molecule has 0 aliphatic carbocycles. The SMILES string of the molecule is Cc1cc(C(C)(C)c2ccc(O)c(C)c2)ccc1O.Oc1ccc(C(=C(Cl)Cl)c2ccc(O)cc2)cc1. The number of halogens is 2. The third kappa shape index (κ3) is 6.79. The summed E-state index contributed by atoms with van der Waals surface area (Å²) in [5, 5.41) is 37.8. The quantitative estimate of drug-likeness (QED) is 0.211. The van der Waals surface area contributed by atoms with Crippen molar-refractivity contribution in [3.63, 3.8) is 0 Å². The molecule has 37 heavy (non-hydrogen) atoms. The van der Waals surface area contributed by atoms with Crippen LogP contribution in [0.4, 0.5) is 0 Å². The van der Waals surface area contributed by atoms with Crippen molar-refractivity contribution in [1.82, 2.24) is 0 Å². The summed E-state index contributed by atoms with van der Waals surface area (Å²) >= 11 is 11.8. The summed E-state index contributed by atoms with van der Waals surface area (Å²) in [5.41, 5.74) is 6.11. The average Bonchev–Trinajstić information content (AvgIpc) is 2.85. The van der Waals surface area contributed by atoms with Crippen LogP contribution in [0.1, 0.15) is 47.2 Å². The van der Waals surface area contributed by atoms with E-state index in [0.717, 1.165) is 33.4 Å². The molecule has 0 saturated heterocycles. The Morgan fingerprint density at radius 2 is 0.919 bits per heavy atom. The summed E-state index contributed by atoms with van der Waals surface area (Å²) in [5.74, 6) is 0.992. The summed E-state index contributed by atoms with van der Waals surface area (Å²) < 4.78 is 0.131. The largest absolute Gasteiger partial charge is 0.508 e. The van der Waals surface area contributed by atoms with Crippen molar-refractivity contribution < 1.29 is 20.4 Å². The van der Waals surface area contributed by atoms with Crippen LogP contribution < -0.4 is 0 Å². The molecule has 4 rings (SSSR count). The smallest absolute Gasteiger partial charge is 0.118 e. The van der Waals surface area contributed by atoms with Crippen molar-refractivity contribution in [3.05, 3.63) is 123 Å². The van der Waals surface area contributed by atoms with Crippen LogP contribution in [0.5, 0.6) is 23.0 Å². The maximum Gasteiger partial charge on any atom is 0.118 e. The molecule has 4 N–H and O–H groups in total. The molecule has 192 valence electrons. The number of phenolic OH excluding ortho intramolecular Hbond substituents is 4. The lowest BCUT2D eigenvalue weighted by Gasteiger charge is -2.27. The number of aryl methyl sites for hydroxylation is 2. The Hall–Kier alpha value is -3.60. The highest BCUT2D eigenvalue weighted by molar-refractivity contribution is 6.59. The van der Waals surface area contributed by atoms with Gasteiger partial charge >= 0.3 is 0 Å². The van der Waals surface area contributed by atoms with Gasteiger partial charge in [-0.15, -0.1) is 0 Å². The normalized spacial score (nSPS) is 10.9. The second-order valence-corrected chi connectivity index (χ2v) is 10.3. The number of rotatable bonds is 4. The third-order valence-corrected chi connectivity index (χ3v) is 6.72. The van der Waals surface area contributed by atoms with Gasteiger partial charge in [-0.05, 0) is 83.6 Å². The fourth-order valence-corrected chi connectivity index (χ4v) is 4.33. The van der Waals surface area contributed by atoms with Crippen LogP contribution in [0, 0.1) is 13.8 Å². The lowest BCUT2D eigenvalue weighted by molar-refractivity contribution is 0.469. The number of phenols is 4. The second-order valence-electron chi connectivity index (χ2n) is 9.36. The van der Waals surface area contributed by atoms with Crippen molar-refractivity contribution in [3.8, 4) is 23.0 Å². The zero-order valence-electron chi connectivity index (χ0n) is 21.1. The molecule has 4 aromatic carbocycles. The highest BCUT2D eigenvalue weighted by atomic mass is 35.5. The molecule has 6 heteroatoms. The van der Waals surface area contributed by atoms with Crippen LogP contribution in [0.2, 0.25) is 0 Å². The Labute approximate surface area is 227 Å². The monoisotopic (exact) mass is 536 g/mol. The van der Waals surface area contributed by atoms with Crippen LogP contribution >= 0.6 is 23.2 Å². The van der Waals surface area contributed by atoms with Crippen molar-refractivity contribution >= 4 is 28.8 Å². The van der Waals surface area contributed by atoms with E-state index in [1.807, 2.05) is 38.1 Å². The van der Waals surface area contributed by atoms with Crippen LogP contribution in [0.3, 0.4) is 0 Å². The van der Waals surface area contributed by atoms with Crippen LogP contribution in [-0.2, 0) is 5.41 Å². The Bertz CT molecular complexity index is 1300. The zero-order chi connectivity index (χ0) is 27.3. The summed E-state index contributed by atoms with van der Waals surface area (Å²) in [6, 6.07) is 24.5. The van der Waals surface area contributed by atoms with Gasteiger partial charge in [-0.25, -0.2) is 0 Å². The van der Waals surface area contributed by atoms with Crippen molar-refractivity contribution in [2.75, 3.05) is 0 Å². The molecule has 0 saturated carbocycles. The zero-order valence-corrected chi connectivity index (χ0v) is 22.6. The van der Waals surface area contributed by atoms with Crippen molar-refractivity contribution in [2.45, 2.75) is 33.1 Å². The molecule has 4 aromatic rings. The average molecular weight is 537 g/mol. The minimum Gasteiger partial charge on any atom is -0.508 e. The van der Waals surface area contributed by atoms with Gasteiger partial charge in [-0.3, -0.25) is 0 Å². The van der Waals surface area contributed by atoms with Crippen molar-refractivity contribution in [2.24, 2.45) is 0 Å². The number of aromatic hydroxyl groups is 4. The molecular weight excluding hydrogens is 507 g/mol. The molecule has 0 aromatic heterocycles. The van der Waals surface area contributed by atoms with Crippen LogP contribution in [-0.4, -0.2) is 20.4 Å². The van der Waals surface area contributed by atoms with Crippen LogP contribution in [0.15, 0.2) is 89.4 Å². The maximum absolute atomic E-state index is 9.63. The van der Waals surface area contributed by atoms with Gasteiger partial charge in [-0.2, -0.15) is 0 Å². The lowest BCUT2D eigenvalue weighted by atomic mass is 9.77. The summed E-state index contributed by atoms with van der Waals surface area (Å²) in [6.07, 6.45) is 0. The Morgan fingerprint density at radius 3 is 1.22 bits per heavy atom. The molecule has 0 bridgehead atoms. The van der Waals surface area contributed by atoms with Gasteiger partial charge in [0.1, 0.15) is 27.5 Å². The molecule has 0 unspecified atom stereocenters. The third-order valence-electron chi connectivity index (χ3n) is 6.34. The van der Waals surface area contributed by atoms with Gasteiger partial charge in [-0.1, -0.05) is 85.6 Å². The van der Waals surface area contributed by atoms with Gasteiger partial charge < -0.3 is 20.4 Å². The molecule has 0 atom stereocenters. The minimum absolute atomic E-state index is 0.131. The fraction of sp³-hybridized carbons (Fsp3) is 0.161. The molecule has 0 aliphatic heterocycles. The van der Waals surface area contributed by atoms with Gasteiger partial charge in [0.05, 0.1) is 0 Å². The molecule has 4 nitrogen and oxygen atoms in total. The minimum atomic E-state index is -0.170. The Kier molecular flexibility index (Phi) is 8.80. The Balaban J connectivity index is 0.000000206. The van der Waals surface area contributed by atoms with E-state index in [1.165, 1.54) is 0 Å². The van der Waals surface area contributed by atoms with Gasteiger partial charge in [0.25, 0.3) is 0 Å². The molecule has 0 aliphatic rings. The Morgan fingerprint density at radius 1 is 0.568 bits per heavy atom. The number of benzene rings is 4. The van der Waals surface area contributed by atoms with Gasteiger partial charge in [0.2, 0.25) is 0 Å². The van der Waals surface area contributed by atoms with E-state index >= 15 is 0 Å². The first-order chi connectivity index (χ1) is 17.4. The molecule has 0 fully saturated rings. The van der Waals surface area contributed by atoms with Gasteiger partial charge in [0, 0.05) is 11.0 Å². The summed E-state index contributed by atoms with van der Waals surface area (Å²) in [7, 11) is 0. The van der Waals surface area contributed by atoms with Crippen molar-refractivity contribution in [1.29, 1.82) is 0 Å². The highest BCUT2D eigenvalue weighted by Gasteiger charge is 2.24. The highest BCUT2D eigenvalue weighted by Crippen LogP contribution is 2.35.